The van der Waals surface area contributed by atoms with Gasteiger partial charge in [0.1, 0.15) is 17.5 Å². The average Bonchev–Trinajstić information content (AvgIpc) is 3.08. The van der Waals surface area contributed by atoms with E-state index in [1.165, 1.54) is 0 Å². The Morgan fingerprint density at radius 2 is 1.83 bits per heavy atom. The van der Waals surface area contributed by atoms with Crippen molar-refractivity contribution in [1.29, 1.82) is 0 Å². The van der Waals surface area contributed by atoms with Crippen LogP contribution >= 0.6 is 0 Å². The summed E-state index contributed by atoms with van der Waals surface area (Å²) in [4.78, 5) is 0. The Bertz CT molecular complexity index is 392. The van der Waals surface area contributed by atoms with Gasteiger partial charge in [0.2, 0.25) is 0 Å². The second kappa shape index (κ2) is 5.74. The summed E-state index contributed by atoms with van der Waals surface area (Å²) in [7, 11) is 0. The summed E-state index contributed by atoms with van der Waals surface area (Å²) >= 11 is 0. The lowest BCUT2D eigenvalue weighted by molar-refractivity contribution is 0.424. The third kappa shape index (κ3) is 3.25. The number of halogens is 3. The number of rotatable bonds is 6. The van der Waals surface area contributed by atoms with Gasteiger partial charge in [-0.05, 0) is 25.3 Å². The van der Waals surface area contributed by atoms with Crippen LogP contribution in [0.5, 0.6) is 0 Å². The molecule has 100 valence electrons. The molecule has 2 rings (SSSR count). The Hall–Kier alpha value is -1.03. The highest BCUT2D eigenvalue weighted by Gasteiger charge is 2.29. The molecule has 0 aliphatic heterocycles. The van der Waals surface area contributed by atoms with E-state index in [1.807, 2.05) is 6.92 Å². The monoisotopic (exact) mass is 257 g/mol. The quantitative estimate of drug-likeness (QED) is 0.813. The van der Waals surface area contributed by atoms with Crippen molar-refractivity contribution in [3.8, 4) is 0 Å². The molecule has 0 saturated heterocycles. The minimum atomic E-state index is -0.866. The fourth-order valence-corrected chi connectivity index (χ4v) is 2.19. The zero-order valence-corrected chi connectivity index (χ0v) is 10.5. The number of nitrogens with one attached hydrogen (secondary N) is 1. The van der Waals surface area contributed by atoms with Crippen molar-refractivity contribution < 1.29 is 13.2 Å². The van der Waals surface area contributed by atoms with E-state index < -0.39 is 17.5 Å². The van der Waals surface area contributed by atoms with E-state index in [0.717, 1.165) is 37.8 Å². The first-order chi connectivity index (χ1) is 8.61. The molecule has 1 atom stereocenters. The molecule has 1 saturated carbocycles. The maximum Gasteiger partial charge on any atom is 0.133 e. The third-order valence-electron chi connectivity index (χ3n) is 3.30. The van der Waals surface area contributed by atoms with Gasteiger partial charge in [0, 0.05) is 23.7 Å². The van der Waals surface area contributed by atoms with Gasteiger partial charge in [0.15, 0.2) is 0 Å². The van der Waals surface area contributed by atoms with Crippen LogP contribution in [0.2, 0.25) is 0 Å². The van der Waals surface area contributed by atoms with Gasteiger partial charge in [-0.15, -0.1) is 0 Å². The molecule has 1 nitrogen and oxygen atoms in total. The minimum absolute atomic E-state index is 0.0169. The van der Waals surface area contributed by atoms with E-state index in [-0.39, 0.29) is 11.6 Å². The molecule has 1 aliphatic rings. The molecule has 1 unspecified atom stereocenters. The summed E-state index contributed by atoms with van der Waals surface area (Å²) < 4.78 is 40.4. The predicted molar refractivity (Wildman–Crippen MR) is 64.7 cm³/mol. The lowest BCUT2D eigenvalue weighted by Gasteiger charge is -2.20. The Balaban J connectivity index is 2.22. The summed E-state index contributed by atoms with van der Waals surface area (Å²) in [6.45, 7) is 2.70. The SMILES string of the molecule is CCCNC(CC1CC1)c1c(F)cc(F)cc1F. The molecular weight excluding hydrogens is 239 g/mol. The Kier molecular flexibility index (Phi) is 4.27. The molecule has 0 aromatic heterocycles. The molecule has 0 radical (unpaired) electrons. The number of hydrogen-bond acceptors (Lipinski definition) is 1. The maximum absolute atomic E-state index is 13.7. The van der Waals surface area contributed by atoms with Gasteiger partial charge < -0.3 is 5.32 Å². The molecule has 0 amide bonds. The first-order valence-corrected chi connectivity index (χ1v) is 6.49. The highest BCUT2D eigenvalue weighted by atomic mass is 19.1. The van der Waals surface area contributed by atoms with Gasteiger partial charge in [-0.25, -0.2) is 13.2 Å². The van der Waals surface area contributed by atoms with Crippen LogP contribution in [-0.2, 0) is 0 Å². The first-order valence-electron chi connectivity index (χ1n) is 6.49. The van der Waals surface area contributed by atoms with Crippen molar-refractivity contribution in [3.05, 3.63) is 35.1 Å². The topological polar surface area (TPSA) is 12.0 Å². The smallest absolute Gasteiger partial charge is 0.133 e. The normalized spacial score (nSPS) is 16.9. The summed E-state index contributed by atoms with van der Waals surface area (Å²) in [5.74, 6) is -1.90. The molecular formula is C14H18F3N. The minimum Gasteiger partial charge on any atom is -0.310 e. The summed E-state index contributed by atoms with van der Waals surface area (Å²) in [5.41, 5.74) is -0.0169. The predicted octanol–water partition coefficient (Wildman–Crippen LogP) is 3.94. The van der Waals surface area contributed by atoms with Crippen LogP contribution < -0.4 is 5.32 Å². The molecule has 4 heteroatoms. The van der Waals surface area contributed by atoms with Crippen LogP contribution in [0.1, 0.15) is 44.2 Å². The van der Waals surface area contributed by atoms with Crippen molar-refractivity contribution in [1.82, 2.24) is 5.32 Å². The van der Waals surface area contributed by atoms with E-state index in [2.05, 4.69) is 5.32 Å². The zero-order chi connectivity index (χ0) is 13.1. The van der Waals surface area contributed by atoms with E-state index in [0.29, 0.717) is 12.5 Å². The van der Waals surface area contributed by atoms with Gasteiger partial charge in [-0.2, -0.15) is 0 Å². The van der Waals surface area contributed by atoms with E-state index in [1.54, 1.807) is 0 Å². The highest BCUT2D eigenvalue weighted by molar-refractivity contribution is 5.24. The molecule has 1 aromatic rings. The molecule has 0 spiro atoms. The largest absolute Gasteiger partial charge is 0.310 e. The maximum atomic E-state index is 13.7. The summed E-state index contributed by atoms with van der Waals surface area (Å²) in [6, 6.07) is 1.16. The summed E-state index contributed by atoms with van der Waals surface area (Å²) in [6.07, 6.45) is 3.86. The Morgan fingerprint density at radius 1 is 1.22 bits per heavy atom. The van der Waals surface area contributed by atoms with E-state index in [9.17, 15) is 13.2 Å². The van der Waals surface area contributed by atoms with Crippen LogP contribution in [0.4, 0.5) is 13.2 Å². The van der Waals surface area contributed by atoms with Crippen LogP contribution in [0.25, 0.3) is 0 Å². The first kappa shape index (κ1) is 13.4. The molecule has 1 aliphatic carbocycles. The van der Waals surface area contributed by atoms with E-state index in [4.69, 9.17) is 0 Å². The fraction of sp³-hybridized carbons (Fsp3) is 0.571. The second-order valence-electron chi connectivity index (χ2n) is 4.97. The molecule has 1 N–H and O–H groups in total. The van der Waals surface area contributed by atoms with Crippen LogP contribution in [0.3, 0.4) is 0 Å². The van der Waals surface area contributed by atoms with Crippen molar-refractivity contribution in [2.75, 3.05) is 6.54 Å². The van der Waals surface area contributed by atoms with E-state index >= 15 is 0 Å². The average molecular weight is 257 g/mol. The lowest BCUT2D eigenvalue weighted by atomic mass is 9.99. The fourth-order valence-electron chi connectivity index (χ4n) is 2.19. The second-order valence-corrected chi connectivity index (χ2v) is 4.97. The molecule has 1 aromatic carbocycles. The highest BCUT2D eigenvalue weighted by Crippen LogP contribution is 2.38. The number of benzene rings is 1. The van der Waals surface area contributed by atoms with Crippen LogP contribution in [-0.4, -0.2) is 6.54 Å². The summed E-state index contributed by atoms with van der Waals surface area (Å²) in [5, 5.41) is 3.16. The van der Waals surface area contributed by atoms with Gasteiger partial charge in [-0.3, -0.25) is 0 Å². The Morgan fingerprint density at radius 3 is 2.33 bits per heavy atom. The molecule has 1 fully saturated rings. The van der Waals surface area contributed by atoms with Crippen LogP contribution in [0.15, 0.2) is 12.1 Å². The van der Waals surface area contributed by atoms with Gasteiger partial charge in [-0.1, -0.05) is 19.8 Å². The number of hydrogen-bond donors (Lipinski definition) is 1. The zero-order valence-electron chi connectivity index (χ0n) is 10.5. The molecule has 18 heavy (non-hydrogen) atoms. The standard InChI is InChI=1S/C14H18F3N/c1-2-5-18-13(6-9-3-4-9)14-11(16)7-10(15)8-12(14)17/h7-9,13,18H,2-6H2,1H3. The Labute approximate surface area is 105 Å². The van der Waals surface area contributed by atoms with Crippen molar-refractivity contribution in [2.45, 2.75) is 38.6 Å². The van der Waals surface area contributed by atoms with Gasteiger partial charge >= 0.3 is 0 Å². The molecule has 0 heterocycles. The van der Waals surface area contributed by atoms with Crippen molar-refractivity contribution in [2.24, 2.45) is 5.92 Å². The third-order valence-corrected chi connectivity index (χ3v) is 3.30. The van der Waals surface area contributed by atoms with Crippen molar-refractivity contribution in [3.63, 3.8) is 0 Å². The van der Waals surface area contributed by atoms with Crippen molar-refractivity contribution >= 4 is 0 Å². The van der Waals surface area contributed by atoms with Gasteiger partial charge in [0.25, 0.3) is 0 Å². The van der Waals surface area contributed by atoms with Gasteiger partial charge in [0.05, 0.1) is 0 Å². The molecule has 0 bridgehead atoms. The van der Waals surface area contributed by atoms with Crippen LogP contribution in [0, 0.1) is 23.4 Å². The lowest BCUT2D eigenvalue weighted by Crippen LogP contribution is -2.24.